The highest BCUT2D eigenvalue weighted by molar-refractivity contribution is 6.29. The van der Waals surface area contributed by atoms with Crippen molar-refractivity contribution >= 4 is 23.2 Å². The molecule has 0 atom stereocenters. The van der Waals surface area contributed by atoms with Gasteiger partial charge in [-0.1, -0.05) is 12.1 Å². The second kappa shape index (κ2) is 5.66. The van der Waals surface area contributed by atoms with Crippen LogP contribution < -0.4 is 5.32 Å². The minimum atomic E-state index is -0.370. The molecule has 1 aliphatic rings. The second-order valence-corrected chi connectivity index (χ2v) is 4.63. The van der Waals surface area contributed by atoms with Crippen molar-refractivity contribution in [3.05, 3.63) is 52.9 Å². The average molecular weight is 294 g/mol. The van der Waals surface area contributed by atoms with E-state index in [2.05, 4.69) is 5.32 Å². The molecule has 1 fully saturated rings. The molecule has 2 heterocycles. The lowest BCUT2D eigenvalue weighted by Crippen LogP contribution is -2.11. The molecule has 0 radical (unpaired) electrons. The fourth-order valence-electron chi connectivity index (χ4n) is 1.94. The zero-order valence-electron chi connectivity index (χ0n) is 10.5. The Morgan fingerprint density at radius 2 is 2.00 bits per heavy atom. The number of amides is 1. The van der Waals surface area contributed by atoms with Crippen molar-refractivity contribution in [2.45, 2.75) is 6.29 Å². The summed E-state index contributed by atoms with van der Waals surface area (Å²) in [6, 6.07) is 10.3. The molecule has 1 aromatic carbocycles. The number of furan rings is 1. The summed E-state index contributed by atoms with van der Waals surface area (Å²) in [6.07, 6.45) is -0.370. The fraction of sp³-hybridized carbons (Fsp3) is 0.214. The molecule has 0 unspecified atom stereocenters. The highest BCUT2D eigenvalue weighted by atomic mass is 35.5. The van der Waals surface area contributed by atoms with Crippen molar-refractivity contribution in [1.82, 2.24) is 0 Å². The number of carbonyl (C=O) groups excluding carboxylic acids is 1. The van der Waals surface area contributed by atoms with E-state index < -0.39 is 0 Å². The summed E-state index contributed by atoms with van der Waals surface area (Å²) in [7, 11) is 0. The number of anilines is 1. The standard InChI is InChI=1S/C14H12ClNO4/c15-12-5-4-11(20-12)13(17)16-10-3-1-2-9(8-10)14-18-6-7-19-14/h1-5,8,14H,6-7H2,(H,16,17). The van der Waals surface area contributed by atoms with Crippen LogP contribution >= 0.6 is 11.6 Å². The molecule has 104 valence electrons. The van der Waals surface area contributed by atoms with Gasteiger partial charge in [-0.2, -0.15) is 0 Å². The quantitative estimate of drug-likeness (QED) is 0.944. The number of halogens is 1. The minimum Gasteiger partial charge on any atom is -0.440 e. The lowest BCUT2D eigenvalue weighted by molar-refractivity contribution is -0.0440. The van der Waals surface area contributed by atoms with Crippen LogP contribution in [0.5, 0.6) is 0 Å². The number of benzene rings is 1. The van der Waals surface area contributed by atoms with Gasteiger partial charge in [-0.3, -0.25) is 4.79 Å². The molecule has 2 aromatic rings. The predicted octanol–water partition coefficient (Wildman–Crippen LogP) is 3.23. The van der Waals surface area contributed by atoms with Crippen molar-refractivity contribution in [2.75, 3.05) is 18.5 Å². The van der Waals surface area contributed by atoms with Crippen LogP contribution in [0, 0.1) is 0 Å². The molecule has 0 saturated carbocycles. The summed E-state index contributed by atoms with van der Waals surface area (Å²) in [5.74, 6) is -0.198. The predicted molar refractivity (Wildman–Crippen MR) is 72.8 cm³/mol. The van der Waals surface area contributed by atoms with Crippen LogP contribution in [-0.2, 0) is 9.47 Å². The molecule has 20 heavy (non-hydrogen) atoms. The number of carbonyl (C=O) groups is 1. The normalized spacial score (nSPS) is 15.4. The van der Waals surface area contributed by atoms with E-state index >= 15 is 0 Å². The molecule has 6 heteroatoms. The lowest BCUT2D eigenvalue weighted by atomic mass is 10.2. The topological polar surface area (TPSA) is 60.7 Å². The zero-order chi connectivity index (χ0) is 13.9. The molecule has 1 N–H and O–H groups in total. The van der Waals surface area contributed by atoms with Gasteiger partial charge < -0.3 is 19.2 Å². The van der Waals surface area contributed by atoms with Crippen LogP contribution in [0.3, 0.4) is 0 Å². The Balaban J connectivity index is 1.74. The molecule has 0 bridgehead atoms. The van der Waals surface area contributed by atoms with E-state index in [-0.39, 0.29) is 23.2 Å². The van der Waals surface area contributed by atoms with Gasteiger partial charge in [0.1, 0.15) is 0 Å². The fourth-order valence-corrected chi connectivity index (χ4v) is 2.09. The molecule has 5 nitrogen and oxygen atoms in total. The monoisotopic (exact) mass is 293 g/mol. The first-order valence-electron chi connectivity index (χ1n) is 6.12. The van der Waals surface area contributed by atoms with Crippen molar-refractivity contribution in [2.24, 2.45) is 0 Å². The van der Waals surface area contributed by atoms with Gasteiger partial charge in [-0.05, 0) is 35.9 Å². The zero-order valence-corrected chi connectivity index (χ0v) is 11.2. The van der Waals surface area contributed by atoms with Crippen molar-refractivity contribution in [3.8, 4) is 0 Å². The molecule has 0 spiro atoms. The third kappa shape index (κ3) is 2.85. The van der Waals surface area contributed by atoms with Crippen LogP contribution in [0.4, 0.5) is 5.69 Å². The minimum absolute atomic E-state index is 0.161. The number of nitrogens with one attached hydrogen (secondary N) is 1. The maximum Gasteiger partial charge on any atom is 0.291 e. The van der Waals surface area contributed by atoms with Gasteiger partial charge >= 0.3 is 0 Å². The van der Waals surface area contributed by atoms with E-state index in [4.69, 9.17) is 25.5 Å². The van der Waals surface area contributed by atoms with Gasteiger partial charge in [0.05, 0.1) is 13.2 Å². The number of hydrogen-bond donors (Lipinski definition) is 1. The van der Waals surface area contributed by atoms with Crippen LogP contribution in [0.2, 0.25) is 5.22 Å². The number of rotatable bonds is 3. The van der Waals surface area contributed by atoms with Crippen molar-refractivity contribution in [3.63, 3.8) is 0 Å². The van der Waals surface area contributed by atoms with Crippen LogP contribution in [0.1, 0.15) is 22.4 Å². The average Bonchev–Trinajstić information content (AvgIpc) is 3.10. The Hall–Kier alpha value is -1.82. The van der Waals surface area contributed by atoms with Gasteiger partial charge in [0.25, 0.3) is 5.91 Å². The second-order valence-electron chi connectivity index (χ2n) is 4.26. The Kier molecular flexibility index (Phi) is 3.73. The largest absolute Gasteiger partial charge is 0.440 e. The van der Waals surface area contributed by atoms with E-state index in [1.807, 2.05) is 12.1 Å². The Labute approximate surface area is 120 Å². The molecular weight excluding hydrogens is 282 g/mol. The van der Waals surface area contributed by atoms with Crippen LogP contribution in [0.25, 0.3) is 0 Å². The van der Waals surface area contributed by atoms with Gasteiger partial charge in [0.15, 0.2) is 17.3 Å². The van der Waals surface area contributed by atoms with Gasteiger partial charge in [-0.15, -0.1) is 0 Å². The highest BCUT2D eigenvalue weighted by Crippen LogP contribution is 2.25. The lowest BCUT2D eigenvalue weighted by Gasteiger charge is -2.11. The van der Waals surface area contributed by atoms with Gasteiger partial charge in [0.2, 0.25) is 0 Å². The van der Waals surface area contributed by atoms with Crippen LogP contribution in [-0.4, -0.2) is 19.1 Å². The van der Waals surface area contributed by atoms with Crippen molar-refractivity contribution in [1.29, 1.82) is 0 Å². The Morgan fingerprint density at radius 3 is 2.70 bits per heavy atom. The number of hydrogen-bond acceptors (Lipinski definition) is 4. The van der Waals surface area contributed by atoms with E-state index in [1.54, 1.807) is 12.1 Å². The third-order valence-corrected chi connectivity index (χ3v) is 3.04. The SMILES string of the molecule is O=C(Nc1cccc(C2OCCO2)c1)c1ccc(Cl)o1. The van der Waals surface area contributed by atoms with Crippen LogP contribution in [0.15, 0.2) is 40.8 Å². The first kappa shape index (κ1) is 13.2. The Bertz CT molecular complexity index is 619. The van der Waals surface area contributed by atoms with E-state index in [1.165, 1.54) is 12.1 Å². The molecule has 1 amide bonds. The third-order valence-electron chi connectivity index (χ3n) is 2.84. The first-order chi connectivity index (χ1) is 9.72. The first-order valence-corrected chi connectivity index (χ1v) is 6.50. The molecule has 1 saturated heterocycles. The summed E-state index contributed by atoms with van der Waals surface area (Å²) >= 11 is 5.64. The summed E-state index contributed by atoms with van der Waals surface area (Å²) in [6.45, 7) is 1.15. The summed E-state index contributed by atoms with van der Waals surface area (Å²) in [4.78, 5) is 11.9. The van der Waals surface area contributed by atoms with E-state index in [0.717, 1.165) is 5.56 Å². The smallest absolute Gasteiger partial charge is 0.291 e. The Morgan fingerprint density at radius 1 is 1.20 bits per heavy atom. The molecule has 0 aliphatic carbocycles. The molecular formula is C14H12ClNO4. The summed E-state index contributed by atoms with van der Waals surface area (Å²) < 4.78 is 15.9. The van der Waals surface area contributed by atoms with E-state index in [9.17, 15) is 4.79 Å². The molecule has 1 aromatic heterocycles. The van der Waals surface area contributed by atoms with Crippen molar-refractivity contribution < 1.29 is 18.7 Å². The maximum atomic E-state index is 11.9. The number of ether oxygens (including phenoxy) is 2. The summed E-state index contributed by atoms with van der Waals surface area (Å²) in [5, 5.41) is 2.91. The van der Waals surface area contributed by atoms with E-state index in [0.29, 0.717) is 18.9 Å². The maximum absolute atomic E-state index is 11.9. The van der Waals surface area contributed by atoms with Gasteiger partial charge in [-0.25, -0.2) is 0 Å². The molecule has 1 aliphatic heterocycles. The molecule has 3 rings (SSSR count). The summed E-state index contributed by atoms with van der Waals surface area (Å²) in [5.41, 5.74) is 1.50. The van der Waals surface area contributed by atoms with Gasteiger partial charge in [0, 0.05) is 11.3 Å². The highest BCUT2D eigenvalue weighted by Gasteiger charge is 2.19.